The van der Waals surface area contributed by atoms with Gasteiger partial charge >= 0.3 is 0 Å². The number of hydrogen-bond acceptors (Lipinski definition) is 6. The average molecular weight is 591 g/mol. The van der Waals surface area contributed by atoms with Gasteiger partial charge in [0.1, 0.15) is 5.69 Å². The maximum atomic E-state index is 14.4. The number of nitrogens with two attached hydrogens (primary N) is 1. The van der Waals surface area contributed by atoms with Gasteiger partial charge in [0.25, 0.3) is 11.8 Å². The summed E-state index contributed by atoms with van der Waals surface area (Å²) in [6.07, 6.45) is 4.72. The molecule has 0 radical (unpaired) electrons. The first-order valence-electron chi connectivity index (χ1n) is 13.4. The molecule has 3 amide bonds. The van der Waals surface area contributed by atoms with Gasteiger partial charge in [0.15, 0.2) is 5.82 Å². The fraction of sp³-hybridized carbons (Fsp3) is 0.258. The smallest absolute Gasteiger partial charge is 0.255 e. The fourth-order valence-corrected chi connectivity index (χ4v) is 4.82. The van der Waals surface area contributed by atoms with Crippen LogP contribution in [0.5, 0.6) is 0 Å². The molecule has 0 spiro atoms. The molecule has 3 aromatic rings. The van der Waals surface area contributed by atoms with Crippen LogP contribution in [0, 0.1) is 5.82 Å². The third kappa shape index (κ3) is 7.01. The van der Waals surface area contributed by atoms with Gasteiger partial charge in [0, 0.05) is 49.7 Å². The minimum atomic E-state index is -0.696. The van der Waals surface area contributed by atoms with E-state index in [4.69, 9.17) is 17.3 Å². The van der Waals surface area contributed by atoms with E-state index in [9.17, 15) is 18.8 Å². The van der Waals surface area contributed by atoms with Gasteiger partial charge in [-0.25, -0.2) is 9.38 Å². The largest absolute Gasteiger partial charge is 0.404 e. The van der Waals surface area contributed by atoms with Crippen molar-refractivity contribution in [2.75, 3.05) is 19.4 Å². The average Bonchev–Trinajstić information content (AvgIpc) is 2.96. The Balaban J connectivity index is 1.67. The van der Waals surface area contributed by atoms with Crippen LogP contribution in [0.4, 0.5) is 15.8 Å². The van der Waals surface area contributed by atoms with E-state index in [1.807, 2.05) is 6.07 Å². The SMILES string of the molecule is CC(=Nc1cccc(Cl)c1F)C(=CN)C(=O)NC1CCCCC(=O)Nc2cc(C(=O)N(C)C)ccc2-c2ccnc1c2. The quantitative estimate of drug-likeness (QED) is 0.265. The molecule has 0 saturated carbocycles. The lowest BCUT2D eigenvalue weighted by molar-refractivity contribution is -0.118. The van der Waals surface area contributed by atoms with Gasteiger partial charge in [0.2, 0.25) is 5.91 Å². The molecule has 1 aliphatic heterocycles. The summed E-state index contributed by atoms with van der Waals surface area (Å²) in [7, 11) is 3.33. The minimum absolute atomic E-state index is 0.0140. The highest BCUT2D eigenvalue weighted by atomic mass is 35.5. The van der Waals surface area contributed by atoms with Crippen LogP contribution in [0.3, 0.4) is 0 Å². The summed E-state index contributed by atoms with van der Waals surface area (Å²) in [6, 6.07) is 12.7. The zero-order valence-corrected chi connectivity index (χ0v) is 24.3. The highest BCUT2D eigenvalue weighted by Gasteiger charge is 2.23. The normalized spacial score (nSPS) is 15.9. The Bertz CT molecular complexity index is 1590. The minimum Gasteiger partial charge on any atom is -0.404 e. The van der Waals surface area contributed by atoms with Crippen LogP contribution in [-0.4, -0.2) is 47.4 Å². The zero-order valence-electron chi connectivity index (χ0n) is 23.6. The molecule has 11 heteroatoms. The van der Waals surface area contributed by atoms with Gasteiger partial charge in [-0.1, -0.05) is 30.2 Å². The predicted octanol–water partition coefficient (Wildman–Crippen LogP) is 5.55. The topological polar surface area (TPSA) is 130 Å². The van der Waals surface area contributed by atoms with E-state index < -0.39 is 17.8 Å². The Morgan fingerprint density at radius 1 is 1.19 bits per heavy atom. The molecule has 2 aromatic carbocycles. The molecule has 0 fully saturated rings. The molecule has 1 unspecified atom stereocenters. The molecular weight excluding hydrogens is 559 g/mol. The summed E-state index contributed by atoms with van der Waals surface area (Å²) >= 11 is 5.87. The number of carbonyl (C=O) groups excluding carboxylic acids is 3. The number of anilines is 1. The number of halogens is 2. The molecule has 4 rings (SSSR count). The summed E-state index contributed by atoms with van der Waals surface area (Å²) < 4.78 is 14.4. The number of aromatic nitrogens is 1. The van der Waals surface area contributed by atoms with Gasteiger partial charge < -0.3 is 21.3 Å². The summed E-state index contributed by atoms with van der Waals surface area (Å²) in [5.74, 6) is -1.56. The van der Waals surface area contributed by atoms with Gasteiger partial charge in [-0.3, -0.25) is 19.4 Å². The molecule has 42 heavy (non-hydrogen) atoms. The van der Waals surface area contributed by atoms with Crippen LogP contribution in [0.2, 0.25) is 5.02 Å². The van der Waals surface area contributed by atoms with E-state index >= 15 is 0 Å². The second-order valence-electron chi connectivity index (χ2n) is 10.1. The molecule has 2 heterocycles. The summed E-state index contributed by atoms with van der Waals surface area (Å²) in [4.78, 5) is 49.1. The molecule has 0 aliphatic carbocycles. The van der Waals surface area contributed by atoms with Crippen molar-refractivity contribution in [3.63, 3.8) is 0 Å². The molecule has 9 nitrogen and oxygen atoms in total. The molecule has 218 valence electrons. The van der Waals surface area contributed by atoms with Crippen LogP contribution in [-0.2, 0) is 9.59 Å². The standard InChI is InChI=1S/C31H32ClFN6O3/c1-18(36-25-9-6-7-23(32)29(25)33)22(17-34)30(41)38-24-8-4-5-10-28(40)37-26-16-20(31(42)39(2)3)11-12-21(26)19-13-14-35-27(24)15-19/h6-7,9,11-17,24H,4-5,8,10,34H2,1-3H3,(H,37,40)(H,38,41). The monoisotopic (exact) mass is 590 g/mol. The Labute approximate surface area is 248 Å². The highest BCUT2D eigenvalue weighted by Crippen LogP contribution is 2.32. The van der Waals surface area contributed by atoms with Gasteiger partial charge in [-0.2, -0.15) is 0 Å². The van der Waals surface area contributed by atoms with E-state index in [1.54, 1.807) is 57.5 Å². The number of pyridine rings is 1. The second-order valence-corrected chi connectivity index (χ2v) is 10.5. The van der Waals surface area contributed by atoms with Crippen molar-refractivity contribution in [3.05, 3.63) is 88.6 Å². The van der Waals surface area contributed by atoms with Gasteiger partial charge in [0.05, 0.1) is 28.0 Å². The molecule has 1 aliphatic rings. The molecule has 2 bridgehead atoms. The number of carbonyl (C=O) groups is 3. The number of benzene rings is 2. The number of amides is 3. The van der Waals surface area contributed by atoms with Gasteiger partial charge in [-0.05, 0) is 61.7 Å². The lowest BCUT2D eigenvalue weighted by Gasteiger charge is -2.21. The first-order valence-corrected chi connectivity index (χ1v) is 13.8. The zero-order chi connectivity index (χ0) is 30.4. The van der Waals surface area contributed by atoms with Gasteiger partial charge in [-0.15, -0.1) is 0 Å². The van der Waals surface area contributed by atoms with Crippen molar-refractivity contribution in [2.45, 2.75) is 38.6 Å². The third-order valence-electron chi connectivity index (χ3n) is 6.87. The van der Waals surface area contributed by atoms with E-state index in [2.05, 4.69) is 20.6 Å². The maximum absolute atomic E-state index is 14.4. The molecule has 1 aromatic heterocycles. The van der Waals surface area contributed by atoms with Crippen molar-refractivity contribution in [1.82, 2.24) is 15.2 Å². The Hall–Kier alpha value is -4.57. The van der Waals surface area contributed by atoms with Crippen molar-refractivity contribution < 1.29 is 18.8 Å². The Morgan fingerprint density at radius 3 is 2.71 bits per heavy atom. The first-order chi connectivity index (χ1) is 20.1. The first kappa shape index (κ1) is 30.4. The fourth-order valence-electron chi connectivity index (χ4n) is 4.65. The number of hydrogen-bond donors (Lipinski definition) is 3. The maximum Gasteiger partial charge on any atom is 0.255 e. The number of fused-ring (bicyclic) bond motifs is 4. The van der Waals surface area contributed by atoms with Crippen LogP contribution in [0.15, 0.2) is 71.5 Å². The number of aliphatic imine (C=N–C) groups is 1. The Morgan fingerprint density at radius 2 is 1.98 bits per heavy atom. The summed E-state index contributed by atoms with van der Waals surface area (Å²) in [6.45, 7) is 1.56. The van der Waals surface area contributed by atoms with Crippen molar-refractivity contribution in [2.24, 2.45) is 10.7 Å². The molecule has 0 saturated heterocycles. The van der Waals surface area contributed by atoms with Crippen LogP contribution in [0.1, 0.15) is 54.7 Å². The lowest BCUT2D eigenvalue weighted by Crippen LogP contribution is -2.33. The van der Waals surface area contributed by atoms with Crippen LogP contribution < -0.4 is 16.4 Å². The van der Waals surface area contributed by atoms with E-state index in [-0.39, 0.29) is 40.2 Å². The van der Waals surface area contributed by atoms with Crippen LogP contribution in [0.25, 0.3) is 11.1 Å². The molecule has 1 atom stereocenters. The van der Waals surface area contributed by atoms with Crippen LogP contribution >= 0.6 is 11.6 Å². The van der Waals surface area contributed by atoms with Crippen molar-refractivity contribution in [3.8, 4) is 11.1 Å². The van der Waals surface area contributed by atoms with E-state index in [0.717, 1.165) is 11.8 Å². The number of nitrogens with zero attached hydrogens (tertiary/aromatic N) is 3. The van der Waals surface area contributed by atoms with E-state index in [0.29, 0.717) is 41.8 Å². The lowest BCUT2D eigenvalue weighted by atomic mass is 9.97. The number of nitrogens with one attached hydrogen (secondary N) is 2. The molecule has 4 N–H and O–H groups in total. The predicted molar refractivity (Wildman–Crippen MR) is 162 cm³/mol. The van der Waals surface area contributed by atoms with Crippen molar-refractivity contribution >= 4 is 46.4 Å². The second kappa shape index (κ2) is 13.4. The summed E-state index contributed by atoms with van der Waals surface area (Å²) in [5.41, 5.74) is 9.11. The van der Waals surface area contributed by atoms with E-state index in [1.165, 1.54) is 17.0 Å². The Kier molecular flexibility index (Phi) is 9.69. The van der Waals surface area contributed by atoms with Crippen molar-refractivity contribution in [1.29, 1.82) is 0 Å². The number of rotatable bonds is 5. The molecular formula is C31H32ClFN6O3. The summed E-state index contributed by atoms with van der Waals surface area (Å²) in [5, 5.41) is 5.87. The highest BCUT2D eigenvalue weighted by molar-refractivity contribution is 6.31. The third-order valence-corrected chi connectivity index (χ3v) is 7.16.